The van der Waals surface area contributed by atoms with Crippen LogP contribution < -0.4 is 0 Å². The summed E-state index contributed by atoms with van der Waals surface area (Å²) in [5, 5.41) is 14.5. The van der Waals surface area contributed by atoms with Crippen molar-refractivity contribution in [2.75, 3.05) is 13.1 Å². The van der Waals surface area contributed by atoms with E-state index in [1.54, 1.807) is 10.9 Å². The number of amides is 1. The van der Waals surface area contributed by atoms with Crippen molar-refractivity contribution >= 4 is 51.1 Å². The molecular weight excluding hydrogens is 453 g/mol. The van der Waals surface area contributed by atoms with Gasteiger partial charge < -0.3 is 4.90 Å². The van der Waals surface area contributed by atoms with Gasteiger partial charge in [0.05, 0.1) is 16.9 Å². The Hall–Kier alpha value is -1.74. The summed E-state index contributed by atoms with van der Waals surface area (Å²) in [7, 11) is 0. The van der Waals surface area contributed by atoms with Gasteiger partial charge in [0.25, 0.3) is 0 Å². The molecule has 6 nitrogen and oxygen atoms in total. The number of aromatic nitrogens is 4. The van der Waals surface area contributed by atoms with E-state index in [9.17, 15) is 4.79 Å². The molecule has 25 heavy (non-hydrogen) atoms. The molecule has 1 aromatic carbocycles. The lowest BCUT2D eigenvalue weighted by molar-refractivity contribution is -0.130. The van der Waals surface area contributed by atoms with E-state index in [-0.39, 0.29) is 12.5 Å². The fourth-order valence-corrected chi connectivity index (χ4v) is 3.62. The van der Waals surface area contributed by atoms with Crippen molar-refractivity contribution in [3.8, 4) is 11.3 Å². The van der Waals surface area contributed by atoms with E-state index in [1.165, 1.54) is 0 Å². The zero-order valence-corrected chi connectivity index (χ0v) is 16.2. The molecule has 0 spiro atoms. The van der Waals surface area contributed by atoms with Gasteiger partial charge in [0.2, 0.25) is 5.91 Å². The first-order chi connectivity index (χ1) is 12.1. The van der Waals surface area contributed by atoms with E-state index in [0.29, 0.717) is 10.7 Å². The third-order valence-electron chi connectivity index (χ3n) is 4.34. The summed E-state index contributed by atoms with van der Waals surface area (Å²) in [4.78, 5) is 14.2. The highest BCUT2D eigenvalue weighted by Gasteiger charge is 2.19. The normalized spacial score (nSPS) is 14.4. The Morgan fingerprint density at radius 1 is 1.20 bits per heavy atom. The zero-order chi connectivity index (χ0) is 17.4. The Labute approximate surface area is 163 Å². The lowest BCUT2D eigenvalue weighted by Gasteiger charge is -2.14. The number of benzene rings is 1. The molecule has 0 aliphatic carbocycles. The molecular formula is C17H15ClIN5O. The molecule has 0 unspecified atom stereocenters. The lowest BCUT2D eigenvalue weighted by Crippen LogP contribution is -2.31. The number of carbonyl (C=O) groups excluding carboxylic acids is 1. The van der Waals surface area contributed by atoms with E-state index in [4.69, 9.17) is 11.6 Å². The Kier molecular flexibility index (Phi) is 4.60. The van der Waals surface area contributed by atoms with Crippen molar-refractivity contribution in [3.63, 3.8) is 0 Å². The number of hydrogen-bond donors (Lipinski definition) is 0. The molecule has 0 N–H and O–H groups in total. The van der Waals surface area contributed by atoms with Crippen molar-refractivity contribution in [2.45, 2.75) is 19.4 Å². The van der Waals surface area contributed by atoms with Gasteiger partial charge in [-0.15, -0.1) is 10.2 Å². The molecule has 1 aliphatic rings. The highest BCUT2D eigenvalue weighted by Crippen LogP contribution is 2.26. The third-order valence-corrected chi connectivity index (χ3v) is 5.88. The fourth-order valence-electron chi connectivity index (χ4n) is 2.99. The van der Waals surface area contributed by atoms with Crippen LogP contribution in [0.3, 0.4) is 0 Å². The van der Waals surface area contributed by atoms with Crippen LogP contribution in [0.5, 0.6) is 0 Å². The van der Waals surface area contributed by atoms with Gasteiger partial charge in [-0.05, 0) is 53.6 Å². The molecule has 0 saturated carbocycles. The second kappa shape index (κ2) is 6.87. The summed E-state index contributed by atoms with van der Waals surface area (Å²) in [6.45, 7) is 1.88. The average molecular weight is 468 g/mol. The molecule has 1 fully saturated rings. The minimum atomic E-state index is 0.0839. The van der Waals surface area contributed by atoms with Crippen molar-refractivity contribution < 1.29 is 4.79 Å². The second-order valence-electron chi connectivity index (χ2n) is 6.03. The minimum absolute atomic E-state index is 0.0839. The monoisotopic (exact) mass is 467 g/mol. The summed E-state index contributed by atoms with van der Waals surface area (Å²) in [5.41, 5.74) is 2.33. The number of fused-ring (bicyclic) bond motifs is 1. The van der Waals surface area contributed by atoms with Crippen molar-refractivity contribution in [1.82, 2.24) is 24.9 Å². The standard InChI is InChI=1S/C17H15ClIN5O/c18-13-4-3-11(7-14(13)19)15-8-12-9-20-24(17(12)22-21-15)10-16(25)23-5-1-2-6-23/h3-4,7-9H,1-2,5-6,10H2. The molecule has 0 radical (unpaired) electrons. The maximum atomic E-state index is 12.3. The molecule has 1 aliphatic heterocycles. The lowest BCUT2D eigenvalue weighted by atomic mass is 10.1. The molecule has 1 amide bonds. The van der Waals surface area contributed by atoms with Gasteiger partial charge in [-0.1, -0.05) is 17.7 Å². The minimum Gasteiger partial charge on any atom is -0.341 e. The van der Waals surface area contributed by atoms with E-state index < -0.39 is 0 Å². The average Bonchev–Trinajstić information content (AvgIpc) is 3.27. The van der Waals surface area contributed by atoms with Gasteiger partial charge in [-0.2, -0.15) is 5.10 Å². The summed E-state index contributed by atoms with van der Waals surface area (Å²) < 4.78 is 2.59. The predicted octanol–water partition coefficient (Wildman–Crippen LogP) is 3.37. The van der Waals surface area contributed by atoms with Crippen LogP contribution in [-0.4, -0.2) is 43.9 Å². The first-order valence-corrected chi connectivity index (χ1v) is 9.50. The van der Waals surface area contributed by atoms with E-state index in [0.717, 1.165) is 46.1 Å². The molecule has 0 bridgehead atoms. The van der Waals surface area contributed by atoms with Crippen molar-refractivity contribution in [3.05, 3.63) is 39.1 Å². The van der Waals surface area contributed by atoms with Crippen LogP contribution in [0.25, 0.3) is 22.3 Å². The Morgan fingerprint density at radius 3 is 2.76 bits per heavy atom. The van der Waals surface area contributed by atoms with Gasteiger partial charge in [0, 0.05) is 27.6 Å². The van der Waals surface area contributed by atoms with Crippen molar-refractivity contribution in [1.29, 1.82) is 0 Å². The first-order valence-electron chi connectivity index (χ1n) is 8.04. The molecule has 0 atom stereocenters. The van der Waals surface area contributed by atoms with Crippen LogP contribution >= 0.6 is 34.2 Å². The third kappa shape index (κ3) is 3.35. The zero-order valence-electron chi connectivity index (χ0n) is 13.3. The SMILES string of the molecule is O=C(Cn1ncc2cc(-c3ccc(Cl)c(I)c3)nnc21)N1CCCC1. The summed E-state index contributed by atoms with van der Waals surface area (Å²) in [5.74, 6) is 0.0839. The molecule has 4 rings (SSSR count). The Balaban J connectivity index is 1.62. The van der Waals surface area contributed by atoms with Crippen LogP contribution in [0.2, 0.25) is 5.02 Å². The number of carbonyl (C=O) groups is 1. The Bertz CT molecular complexity index is 951. The maximum absolute atomic E-state index is 12.3. The number of halogens is 2. The molecule has 1 saturated heterocycles. The highest BCUT2D eigenvalue weighted by atomic mass is 127. The first kappa shape index (κ1) is 16.7. The number of likely N-dealkylation sites (tertiary alicyclic amines) is 1. The van der Waals surface area contributed by atoms with Gasteiger partial charge >= 0.3 is 0 Å². The number of hydrogen-bond acceptors (Lipinski definition) is 4. The number of nitrogens with zero attached hydrogens (tertiary/aromatic N) is 5. The topological polar surface area (TPSA) is 63.9 Å². The highest BCUT2D eigenvalue weighted by molar-refractivity contribution is 14.1. The van der Waals surface area contributed by atoms with Gasteiger partial charge in [0.15, 0.2) is 5.65 Å². The number of rotatable bonds is 3. The van der Waals surface area contributed by atoms with Crippen molar-refractivity contribution in [2.24, 2.45) is 0 Å². The fraction of sp³-hybridized carbons (Fsp3) is 0.294. The molecule has 2 aromatic heterocycles. The van der Waals surface area contributed by atoms with E-state index in [2.05, 4.69) is 37.9 Å². The molecule has 8 heteroatoms. The molecule has 3 heterocycles. The quantitative estimate of drug-likeness (QED) is 0.554. The largest absolute Gasteiger partial charge is 0.341 e. The molecule has 3 aromatic rings. The summed E-state index contributed by atoms with van der Waals surface area (Å²) in [6, 6.07) is 7.68. The Morgan fingerprint density at radius 2 is 2.00 bits per heavy atom. The second-order valence-corrected chi connectivity index (χ2v) is 7.60. The van der Waals surface area contributed by atoms with E-state index >= 15 is 0 Å². The summed E-state index contributed by atoms with van der Waals surface area (Å²) in [6.07, 6.45) is 3.88. The van der Waals surface area contributed by atoms with Crippen LogP contribution in [0.15, 0.2) is 30.5 Å². The predicted molar refractivity (Wildman–Crippen MR) is 104 cm³/mol. The van der Waals surface area contributed by atoms with Crippen LogP contribution in [-0.2, 0) is 11.3 Å². The van der Waals surface area contributed by atoms with Gasteiger partial charge in [-0.3, -0.25) is 4.79 Å². The van der Waals surface area contributed by atoms with E-state index in [1.807, 2.05) is 29.2 Å². The van der Waals surface area contributed by atoms with Gasteiger partial charge in [-0.25, -0.2) is 4.68 Å². The molecule has 128 valence electrons. The van der Waals surface area contributed by atoms with Crippen LogP contribution in [0, 0.1) is 3.57 Å². The smallest absolute Gasteiger partial charge is 0.244 e. The van der Waals surface area contributed by atoms with Crippen LogP contribution in [0.4, 0.5) is 0 Å². The maximum Gasteiger partial charge on any atom is 0.244 e. The van der Waals surface area contributed by atoms with Crippen LogP contribution in [0.1, 0.15) is 12.8 Å². The summed E-state index contributed by atoms with van der Waals surface area (Å²) >= 11 is 8.27. The van der Waals surface area contributed by atoms with Gasteiger partial charge in [0.1, 0.15) is 6.54 Å².